The van der Waals surface area contributed by atoms with Crippen LogP contribution in [-0.4, -0.2) is 52.9 Å². The summed E-state index contributed by atoms with van der Waals surface area (Å²) < 4.78 is 7.50. The fourth-order valence-electron chi connectivity index (χ4n) is 2.82. The molecule has 2 aromatic rings. The molecule has 1 aromatic carbocycles. The normalized spacial score (nSPS) is 17.0. The second kappa shape index (κ2) is 8.87. The van der Waals surface area contributed by atoms with Crippen LogP contribution >= 0.6 is 12.4 Å². The number of hydrogen-bond acceptors (Lipinski definition) is 4. The van der Waals surface area contributed by atoms with Crippen molar-refractivity contribution in [1.29, 1.82) is 0 Å². The van der Waals surface area contributed by atoms with Crippen LogP contribution < -0.4 is 10.1 Å². The molecule has 2 heterocycles. The monoisotopic (exact) mass is 364 g/mol. The van der Waals surface area contributed by atoms with Gasteiger partial charge in [0.05, 0.1) is 18.5 Å². The highest BCUT2D eigenvalue weighted by atomic mass is 35.5. The minimum atomic E-state index is -0.0650. The summed E-state index contributed by atoms with van der Waals surface area (Å²) in [5.74, 6) is 0.487. The van der Waals surface area contributed by atoms with E-state index in [2.05, 4.69) is 10.4 Å². The minimum Gasteiger partial charge on any atom is -0.489 e. The number of rotatable bonds is 5. The molecule has 0 saturated carbocycles. The SMILES string of the molecule is CCCOc1cn(-c2ccccc2)nc1C(=O)N1CCNC[C@@H]1C.Cl. The smallest absolute Gasteiger partial charge is 0.278 e. The number of piperazine rings is 1. The van der Waals surface area contributed by atoms with Crippen molar-refractivity contribution in [3.05, 3.63) is 42.2 Å². The molecule has 1 atom stereocenters. The van der Waals surface area contributed by atoms with E-state index in [9.17, 15) is 4.79 Å². The summed E-state index contributed by atoms with van der Waals surface area (Å²) in [7, 11) is 0. The molecule has 0 spiro atoms. The second-order valence-electron chi connectivity index (χ2n) is 6.02. The number of amides is 1. The van der Waals surface area contributed by atoms with Gasteiger partial charge in [0, 0.05) is 25.7 Å². The highest BCUT2D eigenvalue weighted by molar-refractivity contribution is 5.95. The number of carbonyl (C=O) groups excluding carboxylic acids is 1. The van der Waals surface area contributed by atoms with Crippen molar-refractivity contribution in [3.63, 3.8) is 0 Å². The van der Waals surface area contributed by atoms with Crippen LogP contribution in [0, 0.1) is 0 Å². The van der Waals surface area contributed by atoms with Crippen LogP contribution in [-0.2, 0) is 0 Å². The van der Waals surface area contributed by atoms with Gasteiger partial charge >= 0.3 is 0 Å². The molecule has 1 aliphatic rings. The molecular formula is C18H25ClN4O2. The Kier molecular flexibility index (Phi) is 6.84. The van der Waals surface area contributed by atoms with E-state index in [0.29, 0.717) is 24.6 Å². The van der Waals surface area contributed by atoms with Gasteiger partial charge in [-0.2, -0.15) is 5.10 Å². The number of halogens is 1. The average Bonchev–Trinajstić information content (AvgIpc) is 3.05. The lowest BCUT2D eigenvalue weighted by Crippen LogP contribution is -2.52. The second-order valence-corrected chi connectivity index (χ2v) is 6.02. The largest absolute Gasteiger partial charge is 0.489 e. The first-order chi connectivity index (χ1) is 11.7. The molecule has 25 heavy (non-hydrogen) atoms. The fourth-order valence-corrected chi connectivity index (χ4v) is 2.82. The number of ether oxygens (including phenoxy) is 1. The van der Waals surface area contributed by atoms with Crippen molar-refractivity contribution in [2.24, 2.45) is 0 Å². The zero-order chi connectivity index (χ0) is 16.9. The molecule has 6 nitrogen and oxygen atoms in total. The molecule has 3 rings (SSSR count). The van der Waals surface area contributed by atoms with Gasteiger partial charge in [-0.15, -0.1) is 12.4 Å². The first kappa shape index (κ1) is 19.3. The van der Waals surface area contributed by atoms with E-state index in [0.717, 1.165) is 25.2 Å². The molecule has 1 aliphatic heterocycles. The Labute approximate surface area is 154 Å². The molecule has 1 fully saturated rings. The highest BCUT2D eigenvalue weighted by Crippen LogP contribution is 2.23. The zero-order valence-electron chi connectivity index (χ0n) is 14.6. The zero-order valence-corrected chi connectivity index (χ0v) is 15.5. The molecule has 1 amide bonds. The van der Waals surface area contributed by atoms with Gasteiger partial charge in [-0.1, -0.05) is 25.1 Å². The van der Waals surface area contributed by atoms with E-state index < -0.39 is 0 Å². The summed E-state index contributed by atoms with van der Waals surface area (Å²) >= 11 is 0. The molecule has 0 aliphatic carbocycles. The van der Waals surface area contributed by atoms with Crippen molar-refractivity contribution in [3.8, 4) is 11.4 Å². The van der Waals surface area contributed by atoms with Gasteiger partial charge in [0.15, 0.2) is 11.4 Å². The third kappa shape index (κ3) is 4.32. The van der Waals surface area contributed by atoms with Gasteiger partial charge in [-0.25, -0.2) is 4.68 Å². The number of nitrogens with zero attached hydrogens (tertiary/aromatic N) is 3. The predicted molar refractivity (Wildman–Crippen MR) is 100.0 cm³/mol. The Hall–Kier alpha value is -2.05. The molecule has 1 saturated heterocycles. The Morgan fingerprint density at radius 2 is 2.12 bits per heavy atom. The summed E-state index contributed by atoms with van der Waals surface area (Å²) in [6.07, 6.45) is 2.68. The van der Waals surface area contributed by atoms with E-state index in [4.69, 9.17) is 4.74 Å². The van der Waals surface area contributed by atoms with Crippen LogP contribution in [0.4, 0.5) is 0 Å². The van der Waals surface area contributed by atoms with Gasteiger partial charge in [0.25, 0.3) is 5.91 Å². The highest BCUT2D eigenvalue weighted by Gasteiger charge is 2.29. The van der Waals surface area contributed by atoms with E-state index in [1.807, 2.05) is 49.1 Å². The summed E-state index contributed by atoms with van der Waals surface area (Å²) in [6, 6.07) is 9.91. The molecule has 0 bridgehead atoms. The molecule has 0 unspecified atom stereocenters. The van der Waals surface area contributed by atoms with E-state index in [-0.39, 0.29) is 24.4 Å². The maximum atomic E-state index is 13.0. The lowest BCUT2D eigenvalue weighted by molar-refractivity contribution is 0.0645. The molecule has 0 radical (unpaired) electrons. The molecule has 136 valence electrons. The van der Waals surface area contributed by atoms with Gasteiger partial charge in [-0.3, -0.25) is 4.79 Å². The van der Waals surface area contributed by atoms with Gasteiger partial charge in [-0.05, 0) is 25.5 Å². The van der Waals surface area contributed by atoms with Gasteiger partial charge in [0.1, 0.15) is 0 Å². The third-order valence-electron chi connectivity index (χ3n) is 4.13. The molecule has 1 N–H and O–H groups in total. The van der Waals surface area contributed by atoms with Crippen LogP contribution in [0.3, 0.4) is 0 Å². The number of nitrogens with one attached hydrogen (secondary N) is 1. The minimum absolute atomic E-state index is 0. The Morgan fingerprint density at radius 1 is 1.36 bits per heavy atom. The van der Waals surface area contributed by atoms with Crippen LogP contribution in [0.2, 0.25) is 0 Å². The lowest BCUT2D eigenvalue weighted by Gasteiger charge is -2.33. The molecule has 1 aromatic heterocycles. The standard InChI is InChI=1S/C18H24N4O2.ClH/c1-3-11-24-16-13-22(15-7-5-4-6-8-15)20-17(16)18(23)21-10-9-19-12-14(21)2;/h4-8,13-14,19H,3,9-12H2,1-2H3;1H/t14-;/m0./s1. The summed E-state index contributed by atoms with van der Waals surface area (Å²) in [4.78, 5) is 14.8. The first-order valence-electron chi connectivity index (χ1n) is 8.50. The third-order valence-corrected chi connectivity index (χ3v) is 4.13. The van der Waals surface area contributed by atoms with Crippen molar-refractivity contribution in [1.82, 2.24) is 20.0 Å². The Balaban J connectivity index is 0.00000225. The van der Waals surface area contributed by atoms with Crippen LogP contribution in [0.1, 0.15) is 30.8 Å². The number of carbonyl (C=O) groups is 1. The summed E-state index contributed by atoms with van der Waals surface area (Å²) in [6.45, 7) is 6.95. The van der Waals surface area contributed by atoms with Crippen molar-refractivity contribution in [2.45, 2.75) is 26.3 Å². The summed E-state index contributed by atoms with van der Waals surface area (Å²) in [5.41, 5.74) is 1.30. The van der Waals surface area contributed by atoms with Gasteiger partial charge in [0.2, 0.25) is 0 Å². The molecule has 7 heteroatoms. The first-order valence-corrected chi connectivity index (χ1v) is 8.50. The average molecular weight is 365 g/mol. The van der Waals surface area contributed by atoms with Crippen molar-refractivity contribution < 1.29 is 9.53 Å². The van der Waals surface area contributed by atoms with Crippen molar-refractivity contribution >= 4 is 18.3 Å². The number of aromatic nitrogens is 2. The van der Waals surface area contributed by atoms with E-state index in [1.165, 1.54) is 0 Å². The van der Waals surface area contributed by atoms with Crippen molar-refractivity contribution in [2.75, 3.05) is 26.2 Å². The van der Waals surface area contributed by atoms with Crippen LogP contribution in [0.5, 0.6) is 5.75 Å². The number of para-hydroxylation sites is 1. The molecular weight excluding hydrogens is 340 g/mol. The number of hydrogen-bond donors (Lipinski definition) is 1. The Bertz CT molecular complexity index is 690. The predicted octanol–water partition coefficient (Wildman–Crippen LogP) is 2.52. The fraction of sp³-hybridized carbons (Fsp3) is 0.444. The van der Waals surface area contributed by atoms with Crippen LogP contribution in [0.25, 0.3) is 5.69 Å². The topological polar surface area (TPSA) is 59.4 Å². The van der Waals surface area contributed by atoms with E-state index >= 15 is 0 Å². The van der Waals surface area contributed by atoms with Gasteiger partial charge < -0.3 is 15.0 Å². The Morgan fingerprint density at radius 3 is 2.80 bits per heavy atom. The number of benzene rings is 1. The lowest BCUT2D eigenvalue weighted by atomic mass is 10.2. The van der Waals surface area contributed by atoms with E-state index in [1.54, 1.807) is 10.9 Å². The quantitative estimate of drug-likeness (QED) is 0.885. The summed E-state index contributed by atoms with van der Waals surface area (Å²) in [5, 5.41) is 7.82. The maximum absolute atomic E-state index is 13.0. The maximum Gasteiger partial charge on any atom is 0.278 e. The van der Waals surface area contributed by atoms with Crippen LogP contribution in [0.15, 0.2) is 36.5 Å².